The monoisotopic (exact) mass is 384 g/mol. The third-order valence-corrected chi connectivity index (χ3v) is 4.25. The smallest absolute Gasteiger partial charge is 0.790 e. The Labute approximate surface area is 193 Å². The van der Waals surface area contributed by atoms with Gasteiger partial charge in [-0.15, -0.1) is 0 Å². The number of rotatable bonds is 16. The summed E-state index contributed by atoms with van der Waals surface area (Å²) in [7, 11) is -4.75. The zero-order valence-electron chi connectivity index (χ0n) is 16.2. The largest absolute Gasteiger partial charge is 1.00 e. The van der Waals surface area contributed by atoms with Gasteiger partial charge in [0, 0.05) is 0 Å². The van der Waals surface area contributed by atoms with Gasteiger partial charge in [-0.2, -0.15) is 0 Å². The summed E-state index contributed by atoms with van der Waals surface area (Å²) in [5, 5.41) is 0. The van der Waals surface area contributed by atoms with Crippen molar-refractivity contribution in [1.82, 2.24) is 0 Å². The normalized spacial score (nSPS) is 10.5. The summed E-state index contributed by atoms with van der Waals surface area (Å²) < 4.78 is 14.4. The standard InChI is InChI=1S/C16H35O4P.2Na.H2O/c1-2-3-4-5-6-7-8-9-10-11-12-13-14-15-16-20-21(17,18)19;;;/h2-16H2,1H3,(H2,17,18,19);;;1H2/q;2*+1;/p-2. The molecule has 0 fully saturated rings. The quantitative estimate of drug-likeness (QED) is 0.167. The summed E-state index contributed by atoms with van der Waals surface area (Å²) in [6.45, 7) is 2.29. The SMILES string of the molecule is CCCCCCCCCCCCCCCCOP(=O)([O-])[O-].O.[Na+].[Na+]. The minimum atomic E-state index is -4.75. The first-order valence-corrected chi connectivity index (χ1v) is 10.2. The average molecular weight is 384 g/mol. The molecule has 0 amide bonds. The molecule has 0 aliphatic carbocycles. The fraction of sp³-hybridized carbons (Fsp3) is 1.00. The molecule has 0 unspecified atom stereocenters. The van der Waals surface area contributed by atoms with Gasteiger partial charge in [0.1, 0.15) is 0 Å². The zero-order chi connectivity index (χ0) is 15.8. The van der Waals surface area contributed by atoms with Gasteiger partial charge in [0.25, 0.3) is 0 Å². The Balaban J connectivity index is -0.000000667. The van der Waals surface area contributed by atoms with Crippen LogP contribution in [0.4, 0.5) is 0 Å². The Bertz CT molecular complexity index is 265. The fourth-order valence-corrected chi connectivity index (χ4v) is 2.83. The summed E-state index contributed by atoms with van der Waals surface area (Å²) in [4.78, 5) is 20.4. The topological polar surface area (TPSA) is 104 Å². The van der Waals surface area contributed by atoms with Crippen LogP contribution in [0.1, 0.15) is 96.8 Å². The molecule has 0 saturated carbocycles. The molecule has 0 saturated heterocycles. The van der Waals surface area contributed by atoms with Gasteiger partial charge in [0.05, 0.1) is 14.4 Å². The van der Waals surface area contributed by atoms with Gasteiger partial charge in [0.15, 0.2) is 0 Å². The molecule has 8 heteroatoms. The van der Waals surface area contributed by atoms with Crippen molar-refractivity contribution in [2.24, 2.45) is 0 Å². The molecule has 0 aromatic carbocycles. The predicted octanol–water partition coefficient (Wildman–Crippen LogP) is -2.50. The third-order valence-electron chi connectivity index (χ3n) is 3.75. The molecule has 0 spiro atoms. The Morgan fingerprint density at radius 1 is 0.667 bits per heavy atom. The second kappa shape index (κ2) is 25.1. The molecule has 0 heterocycles. The van der Waals surface area contributed by atoms with Crippen LogP contribution in [0, 0.1) is 0 Å². The molecule has 0 aliphatic heterocycles. The Morgan fingerprint density at radius 2 is 0.958 bits per heavy atom. The van der Waals surface area contributed by atoms with E-state index in [4.69, 9.17) is 0 Å². The van der Waals surface area contributed by atoms with Crippen LogP contribution >= 0.6 is 7.82 Å². The first-order chi connectivity index (χ1) is 10.1. The van der Waals surface area contributed by atoms with Crippen molar-refractivity contribution in [1.29, 1.82) is 0 Å². The zero-order valence-corrected chi connectivity index (χ0v) is 21.1. The van der Waals surface area contributed by atoms with Crippen LogP contribution in [0.5, 0.6) is 0 Å². The van der Waals surface area contributed by atoms with Gasteiger partial charge in [-0.25, -0.2) is 0 Å². The van der Waals surface area contributed by atoms with Crippen molar-refractivity contribution in [2.45, 2.75) is 96.8 Å². The van der Waals surface area contributed by atoms with E-state index < -0.39 is 7.82 Å². The molecule has 0 aliphatic rings. The van der Waals surface area contributed by atoms with E-state index >= 15 is 0 Å². The van der Waals surface area contributed by atoms with E-state index in [9.17, 15) is 14.4 Å². The summed E-state index contributed by atoms with van der Waals surface area (Å²) in [5.74, 6) is 0. The maximum absolute atomic E-state index is 10.2. The van der Waals surface area contributed by atoms with E-state index in [-0.39, 0.29) is 71.2 Å². The number of unbranched alkanes of at least 4 members (excludes halogenated alkanes) is 13. The Morgan fingerprint density at radius 3 is 1.25 bits per heavy atom. The van der Waals surface area contributed by atoms with Crippen molar-refractivity contribution >= 4 is 7.82 Å². The molecule has 136 valence electrons. The van der Waals surface area contributed by atoms with E-state index in [0.717, 1.165) is 12.8 Å². The summed E-state index contributed by atoms with van der Waals surface area (Å²) in [6, 6.07) is 0. The molecule has 0 aromatic heterocycles. The van der Waals surface area contributed by atoms with Crippen molar-refractivity contribution in [2.75, 3.05) is 6.61 Å². The number of hydrogen-bond acceptors (Lipinski definition) is 4. The summed E-state index contributed by atoms with van der Waals surface area (Å²) in [6.07, 6.45) is 17.4. The number of phosphoric acid groups is 1. The van der Waals surface area contributed by atoms with Crippen LogP contribution in [-0.2, 0) is 9.09 Å². The molecule has 5 nitrogen and oxygen atoms in total. The Hall–Kier alpha value is 2.07. The molecular formula is C16H35Na2O5P. The number of hydrogen-bond donors (Lipinski definition) is 0. The van der Waals surface area contributed by atoms with Crippen LogP contribution in [0.3, 0.4) is 0 Å². The molecule has 24 heavy (non-hydrogen) atoms. The van der Waals surface area contributed by atoms with E-state index in [1.807, 2.05) is 0 Å². The van der Waals surface area contributed by atoms with Crippen LogP contribution in [0.2, 0.25) is 0 Å². The molecule has 0 radical (unpaired) electrons. The van der Waals surface area contributed by atoms with Crippen LogP contribution in [-0.4, -0.2) is 12.1 Å². The van der Waals surface area contributed by atoms with Gasteiger partial charge in [-0.05, 0) is 6.42 Å². The molecular weight excluding hydrogens is 349 g/mol. The van der Waals surface area contributed by atoms with Crippen molar-refractivity contribution in [3.63, 3.8) is 0 Å². The molecule has 0 bridgehead atoms. The minimum absolute atomic E-state index is 0. The fourth-order valence-electron chi connectivity index (χ4n) is 2.47. The van der Waals surface area contributed by atoms with Gasteiger partial charge >= 0.3 is 59.1 Å². The van der Waals surface area contributed by atoms with Gasteiger partial charge in [0.2, 0.25) is 0 Å². The van der Waals surface area contributed by atoms with Crippen LogP contribution in [0.15, 0.2) is 0 Å². The first-order valence-electron chi connectivity index (χ1n) is 8.73. The maximum atomic E-state index is 10.2. The van der Waals surface area contributed by atoms with Gasteiger partial charge in [-0.3, -0.25) is 0 Å². The second-order valence-electron chi connectivity index (χ2n) is 5.88. The van der Waals surface area contributed by atoms with Gasteiger partial charge in [-0.1, -0.05) is 90.4 Å². The Kier molecular flexibility index (Phi) is 35.1. The molecule has 2 N–H and O–H groups in total. The second-order valence-corrected chi connectivity index (χ2v) is 7.03. The van der Waals surface area contributed by atoms with Crippen molar-refractivity contribution < 1.29 is 83.5 Å². The van der Waals surface area contributed by atoms with Crippen LogP contribution in [0.25, 0.3) is 0 Å². The molecule has 0 rings (SSSR count). The molecule has 0 aromatic rings. The maximum Gasteiger partial charge on any atom is 1.00 e. The van der Waals surface area contributed by atoms with Crippen molar-refractivity contribution in [3.8, 4) is 0 Å². The van der Waals surface area contributed by atoms with Gasteiger partial charge < -0.3 is 24.4 Å². The first kappa shape index (κ1) is 33.6. The summed E-state index contributed by atoms with van der Waals surface area (Å²) in [5.41, 5.74) is 0. The summed E-state index contributed by atoms with van der Waals surface area (Å²) >= 11 is 0. The average Bonchev–Trinajstić information content (AvgIpc) is 2.42. The van der Waals surface area contributed by atoms with E-state index in [1.54, 1.807) is 0 Å². The third kappa shape index (κ3) is 31.8. The van der Waals surface area contributed by atoms with Crippen molar-refractivity contribution in [3.05, 3.63) is 0 Å². The van der Waals surface area contributed by atoms with Crippen LogP contribution < -0.4 is 68.9 Å². The predicted molar refractivity (Wildman–Crippen MR) is 87.5 cm³/mol. The number of phosphoric ester groups is 1. The van der Waals surface area contributed by atoms with E-state index in [0.29, 0.717) is 6.42 Å². The minimum Gasteiger partial charge on any atom is -0.790 e. The van der Waals surface area contributed by atoms with E-state index in [2.05, 4.69) is 11.4 Å². The molecule has 0 atom stereocenters. The van der Waals surface area contributed by atoms with E-state index in [1.165, 1.54) is 70.6 Å².